The monoisotopic (exact) mass is 727 g/mol. The van der Waals surface area contributed by atoms with Gasteiger partial charge in [-0.25, -0.2) is 14.3 Å². The number of carbonyl (C=O) groups is 1. The van der Waals surface area contributed by atoms with Crippen molar-refractivity contribution in [2.45, 2.75) is 84.4 Å². The molecule has 0 bridgehead atoms. The summed E-state index contributed by atoms with van der Waals surface area (Å²) in [5.41, 5.74) is 4.08. The number of rotatable bonds is 18. The lowest BCUT2D eigenvalue weighted by molar-refractivity contribution is -0.00994. The summed E-state index contributed by atoms with van der Waals surface area (Å²) in [5, 5.41) is 2.75. The molecule has 278 valence electrons. The number of hydrogen-bond donors (Lipinski definition) is 2. The molecule has 51 heavy (non-hydrogen) atoms. The Hall–Kier alpha value is -3.42. The Labute approximate surface area is 301 Å². The third kappa shape index (κ3) is 9.92. The maximum atomic E-state index is 12.5. The molecule has 13 nitrogen and oxygen atoms in total. The number of amides is 1. The highest BCUT2D eigenvalue weighted by Gasteiger charge is 2.39. The second kappa shape index (κ2) is 18.4. The van der Waals surface area contributed by atoms with Crippen LogP contribution in [0.5, 0.6) is 0 Å². The molecule has 2 aromatic carbocycles. The van der Waals surface area contributed by atoms with Gasteiger partial charge in [0.05, 0.1) is 45.2 Å². The van der Waals surface area contributed by atoms with Crippen LogP contribution in [-0.4, -0.2) is 90.8 Å². The van der Waals surface area contributed by atoms with Gasteiger partial charge in [0.25, 0.3) is 14.1 Å². The molecular formula is C37H51N4O9P. The topological polar surface area (TPSA) is 143 Å². The predicted molar refractivity (Wildman–Crippen MR) is 195 cm³/mol. The van der Waals surface area contributed by atoms with Gasteiger partial charge in [-0.2, -0.15) is 0 Å². The molecular weight excluding hydrogens is 675 g/mol. The van der Waals surface area contributed by atoms with Crippen LogP contribution in [0.1, 0.15) is 71.2 Å². The van der Waals surface area contributed by atoms with Crippen molar-refractivity contribution in [2.24, 2.45) is 0 Å². The van der Waals surface area contributed by atoms with Gasteiger partial charge < -0.3 is 33.3 Å². The highest BCUT2D eigenvalue weighted by atomic mass is 31.2. The van der Waals surface area contributed by atoms with Gasteiger partial charge in [0, 0.05) is 44.1 Å². The number of carbonyl (C=O) groups excluding carboxylic acids is 1. The fraction of sp³-hybridized carbons (Fsp3) is 0.541. The molecule has 1 aliphatic heterocycles. The van der Waals surface area contributed by atoms with Crippen LogP contribution in [0.2, 0.25) is 0 Å². The van der Waals surface area contributed by atoms with Crippen LogP contribution in [0.3, 0.4) is 0 Å². The number of aromatic amines is 1. The molecule has 1 fully saturated rings. The number of alkyl carbamates (subject to hydrolysis) is 1. The maximum absolute atomic E-state index is 12.5. The molecule has 0 saturated carbocycles. The molecule has 4 atom stereocenters. The molecule has 1 amide bonds. The van der Waals surface area contributed by atoms with E-state index in [9.17, 15) is 14.4 Å². The zero-order chi connectivity index (χ0) is 37.2. The Kier molecular flexibility index (Phi) is 13.5. The van der Waals surface area contributed by atoms with E-state index in [1.54, 1.807) is 6.92 Å². The summed E-state index contributed by atoms with van der Waals surface area (Å²) < 4.78 is 47.3. The quantitative estimate of drug-likeness (QED) is 0.128. The molecule has 3 aromatic rings. The average molecular weight is 728 g/mol. The van der Waals surface area contributed by atoms with E-state index < -0.39 is 44.3 Å². The van der Waals surface area contributed by atoms with E-state index in [1.165, 1.54) is 33.0 Å². The number of ether oxygens (including phenoxy) is 4. The van der Waals surface area contributed by atoms with E-state index in [0.717, 1.165) is 0 Å². The summed E-state index contributed by atoms with van der Waals surface area (Å²) in [5.74, 6) is 0.00640. The normalized spacial score (nSPS) is 19.4. The van der Waals surface area contributed by atoms with E-state index in [4.69, 9.17) is 29.4 Å². The second-order valence-corrected chi connectivity index (χ2v) is 14.5. The Morgan fingerprint density at radius 2 is 1.63 bits per heavy atom. The summed E-state index contributed by atoms with van der Waals surface area (Å²) in [6.07, 6.45) is -0.431. The lowest BCUT2D eigenvalue weighted by Gasteiger charge is -2.37. The number of hydrogen-bond acceptors (Lipinski definition) is 10. The number of benzene rings is 2. The molecule has 1 unspecified atom stereocenters. The van der Waals surface area contributed by atoms with Crippen molar-refractivity contribution in [3.63, 3.8) is 0 Å². The zero-order valence-corrected chi connectivity index (χ0v) is 30.9. The minimum atomic E-state index is -1.56. The van der Waals surface area contributed by atoms with Gasteiger partial charge >= 0.3 is 11.8 Å². The Bertz CT molecular complexity index is 1680. The van der Waals surface area contributed by atoms with E-state index >= 15 is 0 Å². The third-order valence-electron chi connectivity index (χ3n) is 8.77. The maximum Gasteiger partial charge on any atom is 0.407 e. The Morgan fingerprint density at radius 3 is 2.27 bits per heavy atom. The highest BCUT2D eigenvalue weighted by molar-refractivity contribution is 7.44. The summed E-state index contributed by atoms with van der Waals surface area (Å²) in [6.45, 7) is 12.0. The van der Waals surface area contributed by atoms with E-state index in [0.29, 0.717) is 45.0 Å². The molecule has 1 aromatic heterocycles. The van der Waals surface area contributed by atoms with E-state index in [2.05, 4.69) is 66.9 Å². The van der Waals surface area contributed by atoms with Gasteiger partial charge in [-0.1, -0.05) is 48.5 Å². The van der Waals surface area contributed by atoms with Crippen molar-refractivity contribution in [1.29, 1.82) is 0 Å². The van der Waals surface area contributed by atoms with Crippen molar-refractivity contribution in [3.8, 4) is 11.1 Å². The molecule has 1 saturated heterocycles. The molecule has 5 rings (SSSR count). The molecule has 1 aliphatic carbocycles. The lowest BCUT2D eigenvalue weighted by Crippen LogP contribution is -2.35. The molecule has 0 spiro atoms. The van der Waals surface area contributed by atoms with Gasteiger partial charge in [0.15, 0.2) is 0 Å². The molecule has 2 aliphatic rings. The van der Waals surface area contributed by atoms with Crippen LogP contribution < -0.4 is 16.6 Å². The van der Waals surface area contributed by atoms with E-state index in [-0.39, 0.29) is 38.1 Å². The average Bonchev–Trinajstić information content (AvgIpc) is 3.67. The van der Waals surface area contributed by atoms with Crippen LogP contribution in [-0.2, 0) is 28.0 Å². The minimum absolute atomic E-state index is 0.00640. The number of fused-ring (bicyclic) bond motifs is 3. The first-order chi connectivity index (χ1) is 25.1. The smallest absolute Gasteiger partial charge is 0.407 e. The molecule has 0 radical (unpaired) electrons. The fourth-order valence-corrected chi connectivity index (χ4v) is 8.14. The molecule has 2 N–H and O–H groups in total. The first kappa shape index (κ1) is 37.3. The first-order valence-corrected chi connectivity index (χ1v) is 18.6. The largest absolute Gasteiger partial charge is 0.449 e. The minimum Gasteiger partial charge on any atom is -0.449 e. The summed E-state index contributed by atoms with van der Waals surface area (Å²) in [7, 11) is -1.56. The summed E-state index contributed by atoms with van der Waals surface area (Å²) in [6, 6.07) is 16.7. The highest BCUT2D eigenvalue weighted by Crippen LogP contribution is 2.50. The van der Waals surface area contributed by atoms with Crippen LogP contribution in [0.15, 0.2) is 64.3 Å². The number of H-pyrrole nitrogens is 1. The van der Waals surface area contributed by atoms with E-state index in [1.807, 2.05) is 24.3 Å². The Morgan fingerprint density at radius 1 is 1.00 bits per heavy atom. The van der Waals surface area contributed by atoms with Crippen molar-refractivity contribution in [2.75, 3.05) is 46.2 Å². The number of aryl methyl sites for hydroxylation is 1. The van der Waals surface area contributed by atoms with Gasteiger partial charge in [-0.05, 0) is 63.8 Å². The van der Waals surface area contributed by atoms with Crippen molar-refractivity contribution < 1.29 is 34.2 Å². The van der Waals surface area contributed by atoms with Gasteiger partial charge in [-0.15, -0.1) is 0 Å². The van der Waals surface area contributed by atoms with Gasteiger partial charge in [-0.3, -0.25) is 14.3 Å². The third-order valence-corrected chi connectivity index (χ3v) is 10.9. The number of nitrogens with one attached hydrogen (secondary N) is 2. The summed E-state index contributed by atoms with van der Waals surface area (Å²) >= 11 is 0. The fourth-order valence-electron chi connectivity index (χ4n) is 6.40. The van der Waals surface area contributed by atoms with Crippen LogP contribution in [0, 0.1) is 6.92 Å². The number of aromatic nitrogens is 2. The molecule has 2 heterocycles. The first-order valence-electron chi connectivity index (χ1n) is 18.2. The predicted octanol–water partition coefficient (Wildman–Crippen LogP) is 5.47. The van der Waals surface area contributed by atoms with Gasteiger partial charge in [0.1, 0.15) is 12.8 Å². The van der Waals surface area contributed by atoms with Crippen molar-refractivity contribution >= 4 is 14.6 Å². The van der Waals surface area contributed by atoms with Crippen molar-refractivity contribution in [1.82, 2.24) is 19.5 Å². The summed E-state index contributed by atoms with van der Waals surface area (Å²) in [4.78, 5) is 39.1. The molecule has 14 heteroatoms. The zero-order valence-electron chi connectivity index (χ0n) is 31.0. The van der Waals surface area contributed by atoms with Crippen molar-refractivity contribution in [3.05, 3.63) is 92.3 Å². The standard InChI is InChI=1S/C37H51N4O9P/c1-24(2)41(25(3)4)51(50-33-21-34(49-27(33)6)40-22-26(5)35(42)39-36(40)43)48-20-19-46-18-17-45-16-15-38-37(44)47-23-32-30-13-9-7-11-28(30)29-12-8-10-14-31(29)32/h7-14,22,24-25,27,32-34H,15-21,23H2,1-6H3,(H,38,44)(H,39,42,43)/t27-,33-,34-,51?/m1/s1/i6D. The SMILES string of the molecule is [2H]C[C@H]1O[C@@H](n2cc(C)c(=O)[nH]c2=O)C[C@H]1OP(OCCOCCOCCNC(=O)OCC1c2ccccc2-c2ccccc21)N(C(C)C)C(C)C. The van der Waals surface area contributed by atoms with Crippen LogP contribution >= 0.6 is 8.53 Å². The number of nitrogens with zero attached hydrogens (tertiary/aromatic N) is 2. The Balaban J connectivity index is 1.00. The van der Waals surface area contributed by atoms with Crippen LogP contribution in [0.4, 0.5) is 4.79 Å². The second-order valence-electron chi connectivity index (χ2n) is 13.1. The lowest BCUT2D eigenvalue weighted by atomic mass is 9.98. The van der Waals surface area contributed by atoms with Gasteiger partial charge in [0.2, 0.25) is 0 Å². The van der Waals surface area contributed by atoms with Crippen LogP contribution in [0.25, 0.3) is 11.1 Å².